The average Bonchev–Trinajstić information content (AvgIpc) is 3.00. The number of carbonyl (C=O) groups is 3. The minimum absolute atomic E-state index is 0.0630. The van der Waals surface area contributed by atoms with Crippen LogP contribution in [-0.2, 0) is 16.0 Å². The fraction of sp³-hybridized carbons (Fsp3) is 0.409. The van der Waals surface area contributed by atoms with E-state index in [4.69, 9.17) is 4.74 Å². The molecule has 0 aliphatic rings. The number of rotatable bonds is 8. The van der Waals surface area contributed by atoms with Gasteiger partial charge in [0.15, 0.2) is 5.78 Å². The molecule has 0 saturated heterocycles. The van der Waals surface area contributed by atoms with Crippen molar-refractivity contribution >= 4 is 23.3 Å². The van der Waals surface area contributed by atoms with Crippen molar-refractivity contribution in [3.63, 3.8) is 0 Å². The highest BCUT2D eigenvalue weighted by Crippen LogP contribution is 2.21. The number of aromatic nitrogens is 1. The SMILES string of the molecule is CCc1ccccc1NC(=O)CN(C)[C@H](C)C(=O)c1[nH]c(C)c(C(=O)OC)c1C. The molecule has 1 aromatic heterocycles. The van der Waals surface area contributed by atoms with E-state index in [1.807, 2.05) is 31.2 Å². The molecule has 2 aromatic rings. The number of carbonyl (C=O) groups excluding carboxylic acids is 3. The van der Waals surface area contributed by atoms with Crippen LogP contribution in [0.5, 0.6) is 0 Å². The number of likely N-dealkylation sites (N-methyl/N-ethyl adjacent to an activating group) is 1. The van der Waals surface area contributed by atoms with Gasteiger partial charge >= 0.3 is 5.97 Å². The first-order valence-electron chi connectivity index (χ1n) is 9.60. The second kappa shape index (κ2) is 9.52. The second-order valence-electron chi connectivity index (χ2n) is 7.13. The van der Waals surface area contributed by atoms with E-state index >= 15 is 0 Å². The lowest BCUT2D eigenvalue weighted by molar-refractivity contribution is -0.117. The molecule has 2 N–H and O–H groups in total. The van der Waals surface area contributed by atoms with Gasteiger partial charge in [-0.3, -0.25) is 14.5 Å². The van der Waals surface area contributed by atoms with Gasteiger partial charge in [0.1, 0.15) is 0 Å². The van der Waals surface area contributed by atoms with Crippen molar-refractivity contribution in [1.82, 2.24) is 9.88 Å². The smallest absolute Gasteiger partial charge is 0.339 e. The molecular weight excluding hydrogens is 370 g/mol. The summed E-state index contributed by atoms with van der Waals surface area (Å²) in [5.74, 6) is -0.863. The molecule has 0 fully saturated rings. The highest BCUT2D eigenvalue weighted by molar-refractivity contribution is 6.04. The summed E-state index contributed by atoms with van der Waals surface area (Å²) < 4.78 is 4.79. The molecule has 0 aliphatic carbocycles. The molecular formula is C22H29N3O4. The molecule has 156 valence electrons. The second-order valence-corrected chi connectivity index (χ2v) is 7.13. The van der Waals surface area contributed by atoms with Gasteiger partial charge in [0.05, 0.1) is 31.0 Å². The first-order valence-corrected chi connectivity index (χ1v) is 9.60. The van der Waals surface area contributed by atoms with Crippen LogP contribution in [-0.4, -0.2) is 54.3 Å². The zero-order valence-electron chi connectivity index (χ0n) is 17.9. The first-order chi connectivity index (χ1) is 13.7. The van der Waals surface area contributed by atoms with E-state index in [1.54, 1.807) is 32.7 Å². The summed E-state index contributed by atoms with van der Waals surface area (Å²) in [4.78, 5) is 42.1. The van der Waals surface area contributed by atoms with Crippen LogP contribution in [0.4, 0.5) is 5.69 Å². The summed E-state index contributed by atoms with van der Waals surface area (Å²) in [6, 6.07) is 7.10. The molecule has 0 aliphatic heterocycles. The quantitative estimate of drug-likeness (QED) is 0.526. The molecule has 7 nitrogen and oxygen atoms in total. The Morgan fingerprint density at radius 1 is 1.21 bits per heavy atom. The molecule has 0 spiro atoms. The van der Waals surface area contributed by atoms with Crippen LogP contribution in [0.2, 0.25) is 0 Å². The number of aromatic amines is 1. The number of nitrogens with zero attached hydrogens (tertiary/aromatic N) is 1. The van der Waals surface area contributed by atoms with Crippen LogP contribution in [0.3, 0.4) is 0 Å². The van der Waals surface area contributed by atoms with Crippen molar-refractivity contribution in [1.29, 1.82) is 0 Å². The van der Waals surface area contributed by atoms with Gasteiger partial charge in [0.25, 0.3) is 0 Å². The lowest BCUT2D eigenvalue weighted by atomic mass is 10.0. The molecule has 0 saturated carbocycles. The predicted octanol–water partition coefficient (Wildman–Crippen LogP) is 3.12. The Labute approximate surface area is 171 Å². The van der Waals surface area contributed by atoms with Crippen molar-refractivity contribution in [3.05, 3.63) is 52.3 Å². The summed E-state index contributed by atoms with van der Waals surface area (Å²) in [5, 5.41) is 2.91. The van der Waals surface area contributed by atoms with Gasteiger partial charge < -0.3 is 15.0 Å². The van der Waals surface area contributed by atoms with Gasteiger partial charge in [-0.15, -0.1) is 0 Å². The number of hydrogen-bond acceptors (Lipinski definition) is 5. The van der Waals surface area contributed by atoms with Crippen molar-refractivity contribution in [2.24, 2.45) is 0 Å². The third-order valence-electron chi connectivity index (χ3n) is 5.18. The van der Waals surface area contributed by atoms with Crippen LogP contribution >= 0.6 is 0 Å². The number of para-hydroxylation sites is 1. The first kappa shape index (κ1) is 22.4. The van der Waals surface area contributed by atoms with E-state index in [2.05, 4.69) is 10.3 Å². The number of methoxy groups -OCH3 is 1. The lowest BCUT2D eigenvalue weighted by Gasteiger charge is -2.23. The van der Waals surface area contributed by atoms with Crippen molar-refractivity contribution in [2.75, 3.05) is 26.0 Å². The normalized spacial score (nSPS) is 12.0. The number of Topliss-reactive ketones (excluding diaryl/α,β-unsaturated/α-hetero) is 1. The number of ketones is 1. The van der Waals surface area contributed by atoms with Gasteiger partial charge in [-0.2, -0.15) is 0 Å². The van der Waals surface area contributed by atoms with E-state index in [0.29, 0.717) is 22.5 Å². The lowest BCUT2D eigenvalue weighted by Crippen LogP contribution is -2.41. The van der Waals surface area contributed by atoms with Gasteiger partial charge in [-0.05, 0) is 51.4 Å². The molecule has 7 heteroatoms. The largest absolute Gasteiger partial charge is 0.465 e. The maximum Gasteiger partial charge on any atom is 0.339 e. The third kappa shape index (κ3) is 4.92. The predicted molar refractivity (Wildman–Crippen MR) is 112 cm³/mol. The number of amides is 1. The van der Waals surface area contributed by atoms with Crippen LogP contribution in [0.1, 0.15) is 51.5 Å². The summed E-state index contributed by atoms with van der Waals surface area (Å²) in [6.07, 6.45) is 0.815. The molecule has 29 heavy (non-hydrogen) atoms. The molecule has 0 bridgehead atoms. The fourth-order valence-corrected chi connectivity index (χ4v) is 3.32. The number of hydrogen-bond donors (Lipinski definition) is 2. The van der Waals surface area contributed by atoms with Crippen LogP contribution in [0.15, 0.2) is 24.3 Å². The Morgan fingerprint density at radius 3 is 2.48 bits per heavy atom. The highest BCUT2D eigenvalue weighted by atomic mass is 16.5. The number of benzene rings is 1. The summed E-state index contributed by atoms with van der Waals surface area (Å²) in [5.41, 5.74) is 3.72. The van der Waals surface area contributed by atoms with Crippen molar-refractivity contribution in [3.8, 4) is 0 Å². The third-order valence-corrected chi connectivity index (χ3v) is 5.18. The van der Waals surface area contributed by atoms with Crippen molar-refractivity contribution in [2.45, 2.75) is 40.2 Å². The number of anilines is 1. The zero-order chi connectivity index (χ0) is 21.7. The minimum atomic E-state index is -0.551. The molecule has 0 radical (unpaired) electrons. The number of H-pyrrole nitrogens is 1. The molecule has 1 amide bonds. The topological polar surface area (TPSA) is 91.5 Å². The van der Waals surface area contributed by atoms with E-state index < -0.39 is 12.0 Å². The Kier molecular flexibility index (Phi) is 7.34. The number of aryl methyl sites for hydroxylation is 2. The summed E-state index contributed by atoms with van der Waals surface area (Å²) in [7, 11) is 3.03. The Balaban J connectivity index is 2.10. The minimum Gasteiger partial charge on any atom is -0.465 e. The number of esters is 1. The molecule has 1 aromatic carbocycles. The Hall–Kier alpha value is -2.93. The van der Waals surface area contributed by atoms with Crippen LogP contribution in [0, 0.1) is 13.8 Å². The Bertz CT molecular complexity index is 917. The standard InChI is InChI=1S/C22H29N3O4/c1-7-16-10-8-9-11-17(16)24-18(26)12-25(5)15(4)21(27)20-13(2)19(14(3)23-20)22(28)29-6/h8-11,15,23H,7,12H2,1-6H3,(H,24,26)/t15-/m1/s1. The molecule has 2 rings (SSSR count). The average molecular weight is 399 g/mol. The van der Waals surface area contributed by atoms with Crippen LogP contribution < -0.4 is 5.32 Å². The van der Waals surface area contributed by atoms with Crippen LogP contribution in [0.25, 0.3) is 0 Å². The van der Waals surface area contributed by atoms with Gasteiger partial charge in [-0.1, -0.05) is 25.1 Å². The Morgan fingerprint density at radius 2 is 1.86 bits per heavy atom. The van der Waals surface area contributed by atoms with Crippen molar-refractivity contribution < 1.29 is 19.1 Å². The van der Waals surface area contributed by atoms with E-state index in [0.717, 1.165) is 17.7 Å². The number of ether oxygens (including phenoxy) is 1. The molecule has 0 unspecified atom stereocenters. The maximum absolute atomic E-state index is 13.0. The maximum atomic E-state index is 13.0. The van der Waals surface area contributed by atoms with E-state index in [-0.39, 0.29) is 18.2 Å². The van der Waals surface area contributed by atoms with E-state index in [9.17, 15) is 14.4 Å². The summed E-state index contributed by atoms with van der Waals surface area (Å²) >= 11 is 0. The van der Waals surface area contributed by atoms with Gasteiger partial charge in [0, 0.05) is 11.4 Å². The molecule has 1 atom stereocenters. The number of nitrogens with one attached hydrogen (secondary N) is 2. The fourth-order valence-electron chi connectivity index (χ4n) is 3.32. The zero-order valence-corrected chi connectivity index (χ0v) is 17.9. The monoisotopic (exact) mass is 399 g/mol. The van der Waals surface area contributed by atoms with E-state index in [1.165, 1.54) is 7.11 Å². The highest BCUT2D eigenvalue weighted by Gasteiger charge is 2.28. The van der Waals surface area contributed by atoms with Gasteiger partial charge in [0.2, 0.25) is 5.91 Å². The van der Waals surface area contributed by atoms with Gasteiger partial charge in [-0.25, -0.2) is 4.79 Å². The summed E-state index contributed by atoms with van der Waals surface area (Å²) in [6.45, 7) is 7.27. The molecule has 1 heterocycles.